The Morgan fingerprint density at radius 3 is 2.50 bits per heavy atom. The number of ether oxygens (including phenoxy) is 1. The number of imide groups is 2. The van der Waals surface area contributed by atoms with Gasteiger partial charge in [0.05, 0.1) is 19.0 Å². The van der Waals surface area contributed by atoms with Crippen molar-refractivity contribution < 1.29 is 19.1 Å². The Labute approximate surface area is 90.0 Å². The van der Waals surface area contributed by atoms with E-state index in [1.807, 2.05) is 5.32 Å². The molecule has 1 aliphatic heterocycles. The first kappa shape index (κ1) is 10.1. The number of nitrogens with one attached hydrogen (secondary N) is 1. The maximum Gasteiger partial charge on any atom is 0.336 e. The minimum Gasteiger partial charge on any atom is -0.481 e. The summed E-state index contributed by atoms with van der Waals surface area (Å²) >= 11 is 0. The second-order valence-electron chi connectivity index (χ2n) is 2.96. The Bertz CT molecular complexity index is 468. The van der Waals surface area contributed by atoms with Crippen molar-refractivity contribution in [2.24, 2.45) is 0 Å². The zero-order valence-electron chi connectivity index (χ0n) is 8.26. The SMILES string of the molecule is COc1ccc(N2C(=O)NC(=O)C2=O)cn1. The van der Waals surface area contributed by atoms with Gasteiger partial charge in [-0.1, -0.05) is 0 Å². The number of aromatic nitrogens is 1. The molecule has 7 nitrogen and oxygen atoms in total. The number of methoxy groups -OCH3 is 1. The molecule has 1 N–H and O–H groups in total. The van der Waals surface area contributed by atoms with E-state index in [1.54, 1.807) is 0 Å². The quantitative estimate of drug-likeness (QED) is 0.545. The van der Waals surface area contributed by atoms with Gasteiger partial charge in [-0.05, 0) is 6.07 Å². The lowest BCUT2D eigenvalue weighted by Gasteiger charge is -2.10. The van der Waals surface area contributed by atoms with Crippen LogP contribution in [0.2, 0.25) is 0 Å². The molecule has 82 valence electrons. The van der Waals surface area contributed by atoms with Crippen LogP contribution in [0.25, 0.3) is 0 Å². The highest BCUT2D eigenvalue weighted by atomic mass is 16.5. The molecule has 0 aliphatic carbocycles. The Morgan fingerprint density at radius 2 is 2.06 bits per heavy atom. The summed E-state index contributed by atoms with van der Waals surface area (Å²) in [6.07, 6.45) is 1.27. The molecule has 1 aliphatic rings. The van der Waals surface area contributed by atoms with Gasteiger partial charge in [-0.25, -0.2) is 14.7 Å². The molecule has 0 radical (unpaired) electrons. The molecule has 0 saturated carbocycles. The minimum atomic E-state index is -0.944. The fraction of sp³-hybridized carbons (Fsp3) is 0.111. The number of anilines is 1. The normalized spacial score (nSPS) is 15.3. The van der Waals surface area contributed by atoms with Crippen LogP contribution in [0.3, 0.4) is 0 Å². The van der Waals surface area contributed by atoms with Gasteiger partial charge in [0.25, 0.3) is 0 Å². The smallest absolute Gasteiger partial charge is 0.336 e. The summed E-state index contributed by atoms with van der Waals surface area (Å²) in [5.41, 5.74) is 0.217. The molecule has 1 aromatic rings. The molecule has 7 heteroatoms. The Kier molecular flexibility index (Phi) is 2.28. The van der Waals surface area contributed by atoms with Crippen LogP contribution in [0.15, 0.2) is 18.3 Å². The molecule has 2 heterocycles. The number of pyridine rings is 1. The van der Waals surface area contributed by atoms with E-state index in [-0.39, 0.29) is 5.69 Å². The molecule has 2 rings (SSSR count). The lowest BCUT2D eigenvalue weighted by molar-refractivity contribution is -0.134. The zero-order chi connectivity index (χ0) is 11.7. The number of rotatable bonds is 2. The third-order valence-electron chi connectivity index (χ3n) is 2.01. The van der Waals surface area contributed by atoms with Crippen LogP contribution in [-0.2, 0) is 9.59 Å². The van der Waals surface area contributed by atoms with Crippen molar-refractivity contribution in [1.82, 2.24) is 10.3 Å². The summed E-state index contributed by atoms with van der Waals surface area (Å²) in [4.78, 5) is 38.0. The van der Waals surface area contributed by atoms with E-state index in [0.717, 1.165) is 4.90 Å². The van der Waals surface area contributed by atoms with Gasteiger partial charge in [0.15, 0.2) is 0 Å². The van der Waals surface area contributed by atoms with Crippen molar-refractivity contribution >= 4 is 23.5 Å². The summed E-state index contributed by atoms with van der Waals surface area (Å²) < 4.78 is 4.82. The fourth-order valence-corrected chi connectivity index (χ4v) is 1.26. The van der Waals surface area contributed by atoms with Crippen molar-refractivity contribution in [2.75, 3.05) is 12.0 Å². The summed E-state index contributed by atoms with van der Waals surface area (Å²) in [6.45, 7) is 0. The highest BCUT2D eigenvalue weighted by Gasteiger charge is 2.38. The van der Waals surface area contributed by atoms with Crippen LogP contribution >= 0.6 is 0 Å². The maximum atomic E-state index is 11.3. The van der Waals surface area contributed by atoms with Crippen LogP contribution < -0.4 is 15.0 Å². The van der Waals surface area contributed by atoms with E-state index >= 15 is 0 Å². The third-order valence-corrected chi connectivity index (χ3v) is 2.01. The Morgan fingerprint density at radius 1 is 1.31 bits per heavy atom. The fourth-order valence-electron chi connectivity index (χ4n) is 1.26. The molecular formula is C9H7N3O4. The first-order chi connectivity index (χ1) is 7.63. The van der Waals surface area contributed by atoms with Crippen molar-refractivity contribution in [3.8, 4) is 5.88 Å². The van der Waals surface area contributed by atoms with Crippen LogP contribution in [0, 0.1) is 0 Å². The lowest BCUT2D eigenvalue weighted by Crippen LogP contribution is -2.30. The minimum absolute atomic E-state index is 0.217. The van der Waals surface area contributed by atoms with Crippen molar-refractivity contribution in [1.29, 1.82) is 0 Å². The predicted molar refractivity (Wildman–Crippen MR) is 51.8 cm³/mol. The number of carbonyl (C=O) groups is 3. The molecule has 16 heavy (non-hydrogen) atoms. The summed E-state index contributed by atoms with van der Waals surface area (Å²) in [7, 11) is 1.44. The van der Waals surface area contributed by atoms with E-state index < -0.39 is 17.8 Å². The second-order valence-corrected chi connectivity index (χ2v) is 2.96. The number of carbonyl (C=O) groups excluding carboxylic acids is 3. The van der Waals surface area contributed by atoms with Gasteiger partial charge in [-0.15, -0.1) is 0 Å². The van der Waals surface area contributed by atoms with E-state index in [4.69, 9.17) is 4.74 Å². The summed E-state index contributed by atoms with van der Waals surface area (Å²) in [5.74, 6) is -1.51. The average Bonchev–Trinajstić information content (AvgIpc) is 2.54. The van der Waals surface area contributed by atoms with Crippen LogP contribution in [0.1, 0.15) is 0 Å². The number of nitrogens with zero attached hydrogens (tertiary/aromatic N) is 2. The second kappa shape index (κ2) is 3.61. The summed E-state index contributed by atoms with van der Waals surface area (Å²) in [6, 6.07) is 2.17. The first-order valence-electron chi connectivity index (χ1n) is 4.33. The van der Waals surface area contributed by atoms with Crippen molar-refractivity contribution in [2.45, 2.75) is 0 Å². The van der Waals surface area contributed by atoms with Crippen LogP contribution in [0.4, 0.5) is 10.5 Å². The standard InChI is InChI=1S/C9H7N3O4/c1-16-6-3-2-5(4-10-6)12-8(14)7(13)11-9(12)15/h2-4H,1H3,(H,11,13,15). The predicted octanol–water partition coefficient (Wildman–Crippen LogP) is -0.327. The molecule has 0 spiro atoms. The average molecular weight is 221 g/mol. The van der Waals surface area contributed by atoms with Gasteiger partial charge in [-0.2, -0.15) is 0 Å². The largest absolute Gasteiger partial charge is 0.481 e. The van der Waals surface area contributed by atoms with E-state index in [0.29, 0.717) is 5.88 Å². The van der Waals surface area contributed by atoms with Gasteiger partial charge in [-0.3, -0.25) is 14.9 Å². The van der Waals surface area contributed by atoms with E-state index in [2.05, 4.69) is 4.98 Å². The Balaban J connectivity index is 2.33. The van der Waals surface area contributed by atoms with Gasteiger partial charge in [0.2, 0.25) is 5.88 Å². The molecule has 0 bridgehead atoms. The van der Waals surface area contributed by atoms with Gasteiger partial charge in [0, 0.05) is 6.07 Å². The first-order valence-corrected chi connectivity index (χ1v) is 4.33. The molecule has 1 saturated heterocycles. The van der Waals surface area contributed by atoms with E-state index in [1.165, 1.54) is 25.4 Å². The van der Waals surface area contributed by atoms with Gasteiger partial charge < -0.3 is 4.74 Å². The lowest BCUT2D eigenvalue weighted by atomic mass is 10.3. The topological polar surface area (TPSA) is 88.6 Å². The number of urea groups is 1. The monoisotopic (exact) mass is 221 g/mol. The molecule has 4 amide bonds. The molecule has 1 aromatic heterocycles. The number of amides is 4. The van der Waals surface area contributed by atoms with Crippen LogP contribution in [0.5, 0.6) is 5.88 Å². The number of hydrogen-bond acceptors (Lipinski definition) is 5. The molecule has 0 atom stereocenters. The zero-order valence-corrected chi connectivity index (χ0v) is 8.26. The number of hydrogen-bond donors (Lipinski definition) is 1. The van der Waals surface area contributed by atoms with Gasteiger partial charge in [0.1, 0.15) is 0 Å². The third kappa shape index (κ3) is 1.48. The molecule has 1 fully saturated rings. The molecular weight excluding hydrogens is 214 g/mol. The van der Waals surface area contributed by atoms with Crippen molar-refractivity contribution in [3.63, 3.8) is 0 Å². The van der Waals surface area contributed by atoms with Gasteiger partial charge >= 0.3 is 17.8 Å². The molecule has 0 unspecified atom stereocenters. The molecule has 0 aromatic carbocycles. The van der Waals surface area contributed by atoms with Crippen molar-refractivity contribution in [3.05, 3.63) is 18.3 Å². The maximum absolute atomic E-state index is 11.3. The highest BCUT2D eigenvalue weighted by molar-refractivity contribution is 6.52. The Hall–Kier alpha value is -2.44. The summed E-state index contributed by atoms with van der Waals surface area (Å²) in [5, 5.41) is 1.88. The highest BCUT2D eigenvalue weighted by Crippen LogP contribution is 2.18. The van der Waals surface area contributed by atoms with Crippen LogP contribution in [-0.4, -0.2) is 29.9 Å². The van der Waals surface area contributed by atoms with E-state index in [9.17, 15) is 14.4 Å².